The Labute approximate surface area is 188 Å². The van der Waals surface area contributed by atoms with Gasteiger partial charge in [0.05, 0.1) is 24.7 Å². The summed E-state index contributed by atoms with van der Waals surface area (Å²) in [5.41, 5.74) is -0.309. The largest absolute Gasteiger partial charge is 0.481 e. The molecule has 0 saturated carbocycles. The van der Waals surface area contributed by atoms with Gasteiger partial charge in [0, 0.05) is 64.6 Å². The molecule has 32 heavy (non-hydrogen) atoms. The highest BCUT2D eigenvalue weighted by molar-refractivity contribution is 5.95. The van der Waals surface area contributed by atoms with Gasteiger partial charge in [-0.15, -0.1) is 0 Å². The molecule has 0 aliphatic carbocycles. The van der Waals surface area contributed by atoms with Gasteiger partial charge in [-0.25, -0.2) is 4.98 Å². The van der Waals surface area contributed by atoms with Crippen molar-refractivity contribution in [1.29, 1.82) is 0 Å². The van der Waals surface area contributed by atoms with Gasteiger partial charge >= 0.3 is 0 Å². The quantitative estimate of drug-likeness (QED) is 0.654. The Hall–Kier alpha value is -2.68. The average molecular weight is 445 g/mol. The van der Waals surface area contributed by atoms with Gasteiger partial charge in [-0.2, -0.15) is 0 Å². The number of carbonyl (C=O) groups excluding carboxylic acids is 3. The number of ether oxygens (including phenoxy) is 2. The minimum absolute atomic E-state index is 0.0658. The molecule has 174 valence electrons. The van der Waals surface area contributed by atoms with Crippen molar-refractivity contribution in [2.75, 3.05) is 53.6 Å². The van der Waals surface area contributed by atoms with Crippen molar-refractivity contribution >= 4 is 17.7 Å². The van der Waals surface area contributed by atoms with Crippen molar-refractivity contribution in [3.05, 3.63) is 23.9 Å². The highest BCUT2D eigenvalue weighted by Gasteiger charge is 2.57. The number of methoxy groups -OCH3 is 2. The average Bonchev–Trinajstić information content (AvgIpc) is 3.37. The molecule has 4 heterocycles. The van der Waals surface area contributed by atoms with E-state index < -0.39 is 5.41 Å². The zero-order valence-corrected chi connectivity index (χ0v) is 18.9. The summed E-state index contributed by atoms with van der Waals surface area (Å²) in [6.45, 7) is 3.18. The number of nitrogens with zero attached hydrogens (tertiary/aromatic N) is 4. The predicted molar refractivity (Wildman–Crippen MR) is 116 cm³/mol. The van der Waals surface area contributed by atoms with E-state index in [-0.39, 0.29) is 23.8 Å². The molecule has 4 rings (SSSR count). The highest BCUT2D eigenvalue weighted by Crippen LogP contribution is 2.44. The van der Waals surface area contributed by atoms with E-state index in [1.165, 1.54) is 13.3 Å². The topological polar surface area (TPSA) is 92.3 Å². The van der Waals surface area contributed by atoms with Crippen LogP contribution in [0.3, 0.4) is 0 Å². The molecule has 9 heteroatoms. The molecule has 0 unspecified atom stereocenters. The molecular weight excluding hydrogens is 412 g/mol. The Morgan fingerprint density at radius 1 is 1.16 bits per heavy atom. The summed E-state index contributed by atoms with van der Waals surface area (Å²) in [6, 6.07) is 3.14. The van der Waals surface area contributed by atoms with Crippen molar-refractivity contribution in [1.82, 2.24) is 19.7 Å². The summed E-state index contributed by atoms with van der Waals surface area (Å²) < 4.78 is 10.3. The molecule has 3 saturated heterocycles. The van der Waals surface area contributed by atoms with Crippen molar-refractivity contribution in [3.63, 3.8) is 0 Å². The van der Waals surface area contributed by atoms with Crippen LogP contribution in [0.15, 0.2) is 18.3 Å². The molecule has 0 N–H and O–H groups in total. The highest BCUT2D eigenvalue weighted by atomic mass is 16.5. The van der Waals surface area contributed by atoms with Crippen LogP contribution in [0.1, 0.15) is 42.5 Å². The smallest absolute Gasteiger partial charge is 0.255 e. The van der Waals surface area contributed by atoms with Crippen LogP contribution in [0.4, 0.5) is 0 Å². The molecule has 3 fully saturated rings. The van der Waals surface area contributed by atoms with E-state index in [4.69, 9.17) is 9.47 Å². The van der Waals surface area contributed by atoms with Gasteiger partial charge in [-0.05, 0) is 31.7 Å². The lowest BCUT2D eigenvalue weighted by Crippen LogP contribution is -2.68. The van der Waals surface area contributed by atoms with Crippen LogP contribution >= 0.6 is 0 Å². The van der Waals surface area contributed by atoms with Gasteiger partial charge in [-0.1, -0.05) is 0 Å². The first-order valence-corrected chi connectivity index (χ1v) is 11.4. The minimum Gasteiger partial charge on any atom is -0.481 e. The number of carbonyl (C=O) groups is 3. The SMILES string of the molecule is COCCN1C(=O)CC[C@]2(C(=O)N3CCCC3)CN(C(=O)c3ccc(OC)nc3)CC[C@@H]12. The van der Waals surface area contributed by atoms with Crippen LogP contribution < -0.4 is 4.74 Å². The Balaban J connectivity index is 1.63. The van der Waals surface area contributed by atoms with Gasteiger partial charge in [-0.3, -0.25) is 14.4 Å². The summed E-state index contributed by atoms with van der Waals surface area (Å²) in [7, 11) is 3.14. The fraction of sp³-hybridized carbons (Fsp3) is 0.652. The maximum absolute atomic E-state index is 13.9. The molecule has 0 spiro atoms. The van der Waals surface area contributed by atoms with E-state index in [1.54, 1.807) is 24.1 Å². The summed E-state index contributed by atoms with van der Waals surface area (Å²) >= 11 is 0. The molecule has 3 aliphatic rings. The monoisotopic (exact) mass is 444 g/mol. The van der Waals surface area contributed by atoms with Crippen molar-refractivity contribution in [3.8, 4) is 5.88 Å². The molecule has 1 aromatic heterocycles. The maximum Gasteiger partial charge on any atom is 0.255 e. The van der Waals surface area contributed by atoms with Gasteiger partial charge in [0.1, 0.15) is 0 Å². The van der Waals surface area contributed by atoms with Crippen LogP contribution in [0, 0.1) is 5.41 Å². The molecule has 0 aromatic carbocycles. The van der Waals surface area contributed by atoms with Crippen LogP contribution in [-0.2, 0) is 14.3 Å². The molecule has 0 bridgehead atoms. The summed E-state index contributed by atoms with van der Waals surface area (Å²) in [4.78, 5) is 49.6. The lowest BCUT2D eigenvalue weighted by Gasteiger charge is -2.54. The molecular formula is C23H32N4O5. The number of hydrogen-bond donors (Lipinski definition) is 0. The van der Waals surface area contributed by atoms with E-state index in [9.17, 15) is 14.4 Å². The van der Waals surface area contributed by atoms with Crippen LogP contribution in [0.5, 0.6) is 5.88 Å². The Bertz CT molecular complexity index is 854. The van der Waals surface area contributed by atoms with E-state index in [0.29, 0.717) is 56.9 Å². The summed E-state index contributed by atoms with van der Waals surface area (Å²) in [5, 5.41) is 0. The third-order valence-corrected chi connectivity index (χ3v) is 7.10. The molecule has 1 aromatic rings. The maximum atomic E-state index is 13.9. The first-order chi connectivity index (χ1) is 15.5. The second kappa shape index (κ2) is 9.44. The van der Waals surface area contributed by atoms with Crippen LogP contribution in [-0.4, -0.2) is 97.0 Å². The number of aromatic nitrogens is 1. The molecule has 3 amide bonds. The van der Waals surface area contributed by atoms with E-state index in [2.05, 4.69) is 4.98 Å². The van der Waals surface area contributed by atoms with Crippen molar-refractivity contribution in [2.45, 2.75) is 38.1 Å². The number of pyridine rings is 1. The Morgan fingerprint density at radius 2 is 1.94 bits per heavy atom. The van der Waals surface area contributed by atoms with Crippen molar-refractivity contribution in [2.24, 2.45) is 5.41 Å². The molecule has 3 aliphatic heterocycles. The first-order valence-electron chi connectivity index (χ1n) is 11.4. The molecule has 0 radical (unpaired) electrons. The van der Waals surface area contributed by atoms with E-state index in [1.807, 2.05) is 9.80 Å². The zero-order chi connectivity index (χ0) is 22.7. The number of hydrogen-bond acceptors (Lipinski definition) is 6. The van der Waals surface area contributed by atoms with E-state index >= 15 is 0 Å². The van der Waals surface area contributed by atoms with Gasteiger partial charge < -0.3 is 24.2 Å². The molecule has 9 nitrogen and oxygen atoms in total. The van der Waals surface area contributed by atoms with E-state index in [0.717, 1.165) is 25.9 Å². The number of likely N-dealkylation sites (tertiary alicyclic amines) is 3. The number of fused-ring (bicyclic) bond motifs is 1. The normalized spacial score (nSPS) is 25.6. The third-order valence-electron chi connectivity index (χ3n) is 7.10. The second-order valence-corrected chi connectivity index (χ2v) is 8.86. The summed E-state index contributed by atoms with van der Waals surface area (Å²) in [5.74, 6) is 0.448. The number of piperidine rings is 2. The minimum atomic E-state index is -0.778. The lowest BCUT2D eigenvalue weighted by molar-refractivity contribution is -0.163. The van der Waals surface area contributed by atoms with Gasteiger partial charge in [0.25, 0.3) is 5.91 Å². The zero-order valence-electron chi connectivity index (χ0n) is 18.9. The third kappa shape index (κ3) is 4.05. The first kappa shape index (κ1) is 22.5. The predicted octanol–water partition coefficient (Wildman–Crippen LogP) is 1.18. The number of amides is 3. The Kier molecular flexibility index (Phi) is 6.64. The Morgan fingerprint density at radius 3 is 2.59 bits per heavy atom. The van der Waals surface area contributed by atoms with Crippen LogP contribution in [0.25, 0.3) is 0 Å². The van der Waals surface area contributed by atoms with Crippen LogP contribution in [0.2, 0.25) is 0 Å². The van der Waals surface area contributed by atoms with Gasteiger partial charge in [0.15, 0.2) is 0 Å². The van der Waals surface area contributed by atoms with Gasteiger partial charge in [0.2, 0.25) is 17.7 Å². The molecule has 2 atom stereocenters. The lowest BCUT2D eigenvalue weighted by atomic mass is 9.67. The fourth-order valence-electron chi connectivity index (χ4n) is 5.43. The standard InChI is InChI=1S/C23H32N4O5/c1-31-14-13-27-18-8-12-26(21(29)17-5-6-19(32-2)24-15-17)16-23(18,9-7-20(27)28)22(30)25-10-3-4-11-25/h5-6,15,18H,3-4,7-14,16H2,1-2H3/t18-,23+/m1/s1. The fourth-order valence-corrected chi connectivity index (χ4v) is 5.43. The summed E-state index contributed by atoms with van der Waals surface area (Å²) in [6.07, 6.45) is 4.87. The van der Waals surface area contributed by atoms with Crippen molar-refractivity contribution < 1.29 is 23.9 Å². The second-order valence-electron chi connectivity index (χ2n) is 8.86. The number of rotatable bonds is 6.